The maximum atomic E-state index is 12.8. The fraction of sp³-hybridized carbons (Fsp3) is 0.316. The van der Waals surface area contributed by atoms with Gasteiger partial charge in [-0.1, -0.05) is 48.9 Å². The van der Waals surface area contributed by atoms with E-state index in [-0.39, 0.29) is 5.92 Å². The van der Waals surface area contributed by atoms with Gasteiger partial charge in [0.05, 0.1) is 10.1 Å². The third-order valence-corrected chi connectivity index (χ3v) is 6.90. The molecule has 3 nitrogen and oxygen atoms in total. The fourth-order valence-electron chi connectivity index (χ4n) is 3.14. The quantitative estimate of drug-likeness (QED) is 0.791. The van der Waals surface area contributed by atoms with Gasteiger partial charge in [-0.25, -0.2) is 8.42 Å². The molecule has 0 amide bonds. The van der Waals surface area contributed by atoms with Gasteiger partial charge >= 0.3 is 0 Å². The van der Waals surface area contributed by atoms with Crippen molar-refractivity contribution in [2.45, 2.75) is 36.3 Å². The van der Waals surface area contributed by atoms with Crippen molar-refractivity contribution >= 4 is 16.1 Å². The van der Waals surface area contributed by atoms with E-state index in [1.54, 1.807) is 24.3 Å². The number of sulfone groups is 1. The van der Waals surface area contributed by atoms with Crippen molar-refractivity contribution in [3.8, 4) is 0 Å². The first-order valence-corrected chi connectivity index (χ1v) is 9.38. The lowest BCUT2D eigenvalue weighted by Gasteiger charge is -2.05. The Morgan fingerprint density at radius 1 is 1.00 bits per heavy atom. The number of aldehydes is 1. The summed E-state index contributed by atoms with van der Waals surface area (Å²) >= 11 is 0. The second-order valence-electron chi connectivity index (χ2n) is 6.16. The molecule has 0 N–H and O–H groups in total. The molecule has 1 saturated carbocycles. The Balaban J connectivity index is 1.92. The van der Waals surface area contributed by atoms with E-state index in [9.17, 15) is 13.2 Å². The number of hydrogen-bond donors (Lipinski definition) is 0. The van der Waals surface area contributed by atoms with E-state index < -0.39 is 21.0 Å². The molecule has 0 spiro atoms. The van der Waals surface area contributed by atoms with Crippen molar-refractivity contribution in [2.24, 2.45) is 5.92 Å². The molecule has 0 saturated heterocycles. The number of carbonyl (C=O) groups is 1. The minimum absolute atomic E-state index is 0.232. The number of hydrogen-bond acceptors (Lipinski definition) is 3. The summed E-state index contributed by atoms with van der Waals surface area (Å²) in [7, 11) is -3.49. The van der Waals surface area contributed by atoms with E-state index in [1.807, 2.05) is 31.2 Å². The Kier molecular flexibility index (Phi) is 4.11. The molecular weight excluding hydrogens is 308 g/mol. The van der Waals surface area contributed by atoms with Gasteiger partial charge in [-0.2, -0.15) is 0 Å². The Hall–Kier alpha value is -1.94. The van der Waals surface area contributed by atoms with Crippen molar-refractivity contribution in [1.29, 1.82) is 0 Å². The molecule has 1 aliphatic carbocycles. The SMILES string of the molecule is CCc1ccc(C2C(C=O)C2S(=O)(=O)c2ccc(C)cc2)cc1. The van der Waals surface area contributed by atoms with Crippen LogP contribution in [0.2, 0.25) is 0 Å². The van der Waals surface area contributed by atoms with Crippen LogP contribution in [-0.2, 0) is 21.1 Å². The van der Waals surface area contributed by atoms with Crippen LogP contribution in [0, 0.1) is 12.8 Å². The second-order valence-corrected chi connectivity index (χ2v) is 8.26. The van der Waals surface area contributed by atoms with Crippen molar-refractivity contribution in [2.75, 3.05) is 0 Å². The largest absolute Gasteiger partial charge is 0.303 e. The van der Waals surface area contributed by atoms with Gasteiger partial charge in [0.15, 0.2) is 9.84 Å². The third kappa shape index (κ3) is 2.83. The summed E-state index contributed by atoms with van der Waals surface area (Å²) in [6, 6.07) is 14.7. The zero-order valence-corrected chi connectivity index (χ0v) is 14.1. The fourth-order valence-corrected chi connectivity index (χ4v) is 5.25. The maximum Gasteiger partial charge on any atom is 0.182 e. The molecule has 2 aromatic rings. The minimum Gasteiger partial charge on any atom is -0.303 e. The highest BCUT2D eigenvalue weighted by atomic mass is 32.2. The summed E-state index contributed by atoms with van der Waals surface area (Å²) in [6.07, 6.45) is 1.72. The lowest BCUT2D eigenvalue weighted by atomic mass is 10.1. The number of aryl methyl sites for hydroxylation is 2. The summed E-state index contributed by atoms with van der Waals surface area (Å²) in [6.45, 7) is 3.99. The Morgan fingerprint density at radius 2 is 1.61 bits per heavy atom. The molecule has 23 heavy (non-hydrogen) atoms. The number of rotatable bonds is 5. The Bertz CT molecular complexity index is 805. The summed E-state index contributed by atoms with van der Waals surface area (Å²) in [5.41, 5.74) is 3.15. The molecule has 3 rings (SSSR count). The van der Waals surface area contributed by atoms with Gasteiger partial charge in [-0.05, 0) is 36.6 Å². The zero-order valence-electron chi connectivity index (χ0n) is 13.3. The normalized spacial score (nSPS) is 23.5. The standard InChI is InChI=1S/C19H20O3S/c1-3-14-6-8-15(9-7-14)18-17(12-20)19(18)23(21,22)16-10-4-13(2)5-11-16/h4-12,17-19H,3H2,1-2H3. The molecule has 3 atom stereocenters. The summed E-state index contributed by atoms with van der Waals surface area (Å²) in [5, 5.41) is -0.643. The first-order chi connectivity index (χ1) is 11.0. The van der Waals surface area contributed by atoms with E-state index in [0.717, 1.165) is 23.8 Å². The Labute approximate surface area is 137 Å². The highest BCUT2D eigenvalue weighted by molar-refractivity contribution is 7.92. The summed E-state index contributed by atoms with van der Waals surface area (Å²) in [5.74, 6) is -0.682. The van der Waals surface area contributed by atoms with Crippen LogP contribution >= 0.6 is 0 Å². The van der Waals surface area contributed by atoms with Crippen LogP contribution in [0.15, 0.2) is 53.4 Å². The molecule has 0 bridgehead atoms. The van der Waals surface area contributed by atoms with Gasteiger partial charge in [0, 0.05) is 11.8 Å². The highest BCUT2D eigenvalue weighted by Gasteiger charge is 2.58. The monoisotopic (exact) mass is 328 g/mol. The van der Waals surface area contributed by atoms with E-state index in [1.165, 1.54) is 5.56 Å². The molecule has 4 heteroatoms. The van der Waals surface area contributed by atoms with Gasteiger partial charge in [0.25, 0.3) is 0 Å². The van der Waals surface area contributed by atoms with Gasteiger partial charge in [0.1, 0.15) is 6.29 Å². The molecule has 2 aromatic carbocycles. The van der Waals surface area contributed by atoms with Crippen LogP contribution in [0.5, 0.6) is 0 Å². The lowest BCUT2D eigenvalue weighted by molar-refractivity contribution is -0.108. The minimum atomic E-state index is -3.49. The Morgan fingerprint density at radius 3 is 2.13 bits per heavy atom. The van der Waals surface area contributed by atoms with Crippen LogP contribution in [-0.4, -0.2) is 20.0 Å². The van der Waals surface area contributed by atoms with Crippen LogP contribution in [0.3, 0.4) is 0 Å². The second kappa shape index (κ2) is 5.93. The summed E-state index contributed by atoms with van der Waals surface area (Å²) < 4.78 is 25.6. The van der Waals surface area contributed by atoms with Crippen molar-refractivity contribution in [3.63, 3.8) is 0 Å². The van der Waals surface area contributed by atoms with Crippen LogP contribution in [0.4, 0.5) is 0 Å². The van der Waals surface area contributed by atoms with Crippen LogP contribution < -0.4 is 0 Å². The smallest absolute Gasteiger partial charge is 0.182 e. The highest BCUT2D eigenvalue weighted by Crippen LogP contribution is 2.52. The van der Waals surface area contributed by atoms with Gasteiger partial charge in [-0.3, -0.25) is 0 Å². The number of carbonyl (C=O) groups excluding carboxylic acids is 1. The van der Waals surface area contributed by atoms with Gasteiger partial charge in [-0.15, -0.1) is 0 Å². The average Bonchev–Trinajstić information content (AvgIpc) is 3.31. The molecule has 1 fully saturated rings. The molecule has 0 heterocycles. The topological polar surface area (TPSA) is 51.2 Å². The molecule has 0 aliphatic heterocycles. The zero-order chi connectivity index (χ0) is 16.6. The lowest BCUT2D eigenvalue weighted by Crippen LogP contribution is -2.11. The van der Waals surface area contributed by atoms with Crippen molar-refractivity contribution in [3.05, 3.63) is 65.2 Å². The predicted molar refractivity (Wildman–Crippen MR) is 90.3 cm³/mol. The molecule has 3 unspecified atom stereocenters. The van der Waals surface area contributed by atoms with E-state index in [4.69, 9.17) is 0 Å². The molecule has 0 aromatic heterocycles. The maximum absolute atomic E-state index is 12.8. The molecule has 120 valence electrons. The number of benzene rings is 2. The molecular formula is C19H20O3S. The third-order valence-electron chi connectivity index (χ3n) is 4.64. The van der Waals surface area contributed by atoms with Crippen molar-refractivity contribution in [1.82, 2.24) is 0 Å². The van der Waals surface area contributed by atoms with Gasteiger partial charge < -0.3 is 4.79 Å². The van der Waals surface area contributed by atoms with E-state index >= 15 is 0 Å². The first kappa shape index (κ1) is 15.9. The summed E-state index contributed by atoms with van der Waals surface area (Å²) in [4.78, 5) is 11.7. The van der Waals surface area contributed by atoms with Crippen LogP contribution in [0.1, 0.15) is 29.5 Å². The van der Waals surface area contributed by atoms with E-state index in [0.29, 0.717) is 4.90 Å². The van der Waals surface area contributed by atoms with Gasteiger partial charge in [0.2, 0.25) is 0 Å². The van der Waals surface area contributed by atoms with E-state index in [2.05, 4.69) is 6.92 Å². The van der Waals surface area contributed by atoms with Crippen LogP contribution in [0.25, 0.3) is 0 Å². The predicted octanol–water partition coefficient (Wildman–Crippen LogP) is 3.31. The molecule has 1 aliphatic rings. The average molecular weight is 328 g/mol. The van der Waals surface area contributed by atoms with Crippen molar-refractivity contribution < 1.29 is 13.2 Å². The molecule has 0 radical (unpaired) electrons. The first-order valence-electron chi connectivity index (χ1n) is 7.83.